The second-order valence-electron chi connectivity index (χ2n) is 8.56. The van der Waals surface area contributed by atoms with Crippen molar-refractivity contribution in [3.05, 3.63) is 70.8 Å². The molecular weight excluding hydrogens is 320 g/mol. The molecule has 0 spiro atoms. The molecule has 0 radical (unpaired) electrons. The fraction of sp³-hybridized carbons (Fsp3) is 0.458. The van der Waals surface area contributed by atoms with E-state index in [1.54, 1.807) is 0 Å². The topological polar surface area (TPSA) is 26.3 Å². The molecule has 2 aromatic rings. The summed E-state index contributed by atoms with van der Waals surface area (Å²) in [5.41, 5.74) is 4.18. The number of fused-ring (bicyclic) bond motifs is 2. The standard InChI is InChI=1S/C24H30O2/c1-6-23(2,3)22(25)26-24(4,5)21-19-13-9-7-11-17(19)15-16-18-12-8-10-14-20(18)21/h7-14,21H,6,15-16H2,1-5H3. The van der Waals surface area contributed by atoms with Crippen molar-refractivity contribution in [1.82, 2.24) is 0 Å². The van der Waals surface area contributed by atoms with Gasteiger partial charge in [0.15, 0.2) is 0 Å². The third-order valence-corrected chi connectivity index (χ3v) is 5.88. The predicted molar refractivity (Wildman–Crippen MR) is 106 cm³/mol. The molecule has 1 aliphatic carbocycles. The van der Waals surface area contributed by atoms with Gasteiger partial charge in [0.05, 0.1) is 5.41 Å². The second kappa shape index (κ2) is 6.90. The fourth-order valence-corrected chi connectivity index (χ4v) is 3.85. The van der Waals surface area contributed by atoms with Gasteiger partial charge in [-0.15, -0.1) is 0 Å². The van der Waals surface area contributed by atoms with Gasteiger partial charge in [0, 0.05) is 5.92 Å². The third-order valence-electron chi connectivity index (χ3n) is 5.88. The van der Waals surface area contributed by atoms with Gasteiger partial charge in [-0.25, -0.2) is 0 Å². The minimum atomic E-state index is -0.625. The van der Waals surface area contributed by atoms with Crippen LogP contribution >= 0.6 is 0 Å². The van der Waals surface area contributed by atoms with Crippen LogP contribution in [0.3, 0.4) is 0 Å². The van der Waals surface area contributed by atoms with Crippen molar-refractivity contribution in [3.63, 3.8) is 0 Å². The van der Waals surface area contributed by atoms with E-state index >= 15 is 0 Å². The van der Waals surface area contributed by atoms with Crippen LogP contribution in [0.1, 0.15) is 69.2 Å². The summed E-state index contributed by atoms with van der Waals surface area (Å²) >= 11 is 0. The summed E-state index contributed by atoms with van der Waals surface area (Å²) in [6.07, 6.45) is 2.81. The maximum atomic E-state index is 12.8. The highest BCUT2D eigenvalue weighted by atomic mass is 16.6. The van der Waals surface area contributed by atoms with Gasteiger partial charge in [0.1, 0.15) is 5.60 Å². The van der Waals surface area contributed by atoms with Crippen LogP contribution in [0.4, 0.5) is 0 Å². The summed E-state index contributed by atoms with van der Waals surface area (Å²) in [5.74, 6) is -0.0850. The van der Waals surface area contributed by atoms with E-state index in [1.165, 1.54) is 22.3 Å². The maximum absolute atomic E-state index is 12.8. The molecular formula is C24H30O2. The van der Waals surface area contributed by atoms with Crippen molar-refractivity contribution < 1.29 is 9.53 Å². The second-order valence-corrected chi connectivity index (χ2v) is 8.56. The minimum Gasteiger partial charge on any atom is -0.458 e. The molecule has 0 heterocycles. The summed E-state index contributed by atoms with van der Waals surface area (Å²) in [6.45, 7) is 10.1. The highest BCUT2D eigenvalue weighted by Crippen LogP contribution is 2.43. The van der Waals surface area contributed by atoms with Crippen molar-refractivity contribution in [3.8, 4) is 0 Å². The first kappa shape index (κ1) is 18.7. The Morgan fingerprint density at radius 2 is 1.38 bits per heavy atom. The van der Waals surface area contributed by atoms with Crippen molar-refractivity contribution in [2.75, 3.05) is 0 Å². The van der Waals surface area contributed by atoms with E-state index in [0.717, 1.165) is 19.3 Å². The van der Waals surface area contributed by atoms with Gasteiger partial charge >= 0.3 is 5.97 Å². The average molecular weight is 351 g/mol. The third kappa shape index (κ3) is 3.42. The maximum Gasteiger partial charge on any atom is 0.312 e. The summed E-state index contributed by atoms with van der Waals surface area (Å²) in [4.78, 5) is 12.8. The molecule has 2 heteroatoms. The molecule has 0 fully saturated rings. The zero-order valence-corrected chi connectivity index (χ0v) is 16.6. The lowest BCUT2D eigenvalue weighted by Crippen LogP contribution is -2.40. The van der Waals surface area contributed by atoms with Crippen molar-refractivity contribution in [2.24, 2.45) is 5.41 Å². The van der Waals surface area contributed by atoms with Crippen molar-refractivity contribution >= 4 is 5.97 Å². The van der Waals surface area contributed by atoms with Crippen LogP contribution in [0, 0.1) is 5.41 Å². The van der Waals surface area contributed by atoms with E-state index in [0.29, 0.717) is 0 Å². The summed E-state index contributed by atoms with van der Waals surface area (Å²) in [7, 11) is 0. The SMILES string of the molecule is CCC(C)(C)C(=O)OC(C)(C)C1c2ccccc2CCc2ccccc21. The van der Waals surface area contributed by atoms with Gasteiger partial charge in [-0.3, -0.25) is 4.79 Å². The lowest BCUT2D eigenvalue weighted by molar-refractivity contribution is -0.168. The first-order chi connectivity index (χ1) is 12.3. The van der Waals surface area contributed by atoms with Crippen LogP contribution in [0.5, 0.6) is 0 Å². The zero-order chi connectivity index (χ0) is 18.9. The fourth-order valence-electron chi connectivity index (χ4n) is 3.85. The molecule has 0 aliphatic heterocycles. The van der Waals surface area contributed by atoms with Crippen LogP contribution in [0.2, 0.25) is 0 Å². The Morgan fingerprint density at radius 1 is 0.923 bits per heavy atom. The van der Waals surface area contributed by atoms with E-state index in [-0.39, 0.29) is 11.9 Å². The molecule has 0 atom stereocenters. The Balaban J connectivity index is 2.09. The smallest absolute Gasteiger partial charge is 0.312 e. The highest BCUT2D eigenvalue weighted by Gasteiger charge is 2.41. The lowest BCUT2D eigenvalue weighted by atomic mass is 9.77. The zero-order valence-electron chi connectivity index (χ0n) is 16.6. The number of carbonyl (C=O) groups is 1. The Labute approximate surface area is 157 Å². The van der Waals surface area contributed by atoms with Crippen molar-refractivity contribution in [2.45, 2.75) is 65.4 Å². The Hall–Kier alpha value is -2.09. The van der Waals surface area contributed by atoms with E-state index in [4.69, 9.17) is 4.74 Å². The van der Waals surface area contributed by atoms with Crippen LogP contribution in [0.25, 0.3) is 0 Å². The minimum absolute atomic E-state index is 0.0361. The van der Waals surface area contributed by atoms with E-state index in [1.807, 2.05) is 20.8 Å². The molecule has 26 heavy (non-hydrogen) atoms. The largest absolute Gasteiger partial charge is 0.458 e. The van der Waals surface area contributed by atoms with Crippen LogP contribution in [-0.4, -0.2) is 11.6 Å². The molecule has 3 rings (SSSR count). The molecule has 0 saturated heterocycles. The number of aryl methyl sites for hydroxylation is 2. The normalized spacial score (nSPS) is 15.0. The molecule has 0 saturated carbocycles. The molecule has 1 aliphatic rings. The molecule has 0 bridgehead atoms. The molecule has 2 nitrogen and oxygen atoms in total. The van der Waals surface area contributed by atoms with Gasteiger partial charge in [-0.2, -0.15) is 0 Å². The molecule has 138 valence electrons. The highest BCUT2D eigenvalue weighted by molar-refractivity contribution is 5.76. The summed E-state index contributed by atoms with van der Waals surface area (Å²) in [6, 6.07) is 17.2. The monoisotopic (exact) mass is 350 g/mol. The van der Waals surface area contributed by atoms with Gasteiger partial charge < -0.3 is 4.74 Å². The summed E-state index contributed by atoms with van der Waals surface area (Å²) in [5, 5.41) is 0. The van der Waals surface area contributed by atoms with Gasteiger partial charge in [0.25, 0.3) is 0 Å². The molecule has 0 amide bonds. The first-order valence-electron chi connectivity index (χ1n) is 9.65. The Kier molecular flexibility index (Phi) is 4.96. The van der Waals surface area contributed by atoms with Gasteiger partial charge in [0.2, 0.25) is 0 Å². The number of hydrogen-bond donors (Lipinski definition) is 0. The van der Waals surface area contributed by atoms with Gasteiger partial charge in [-0.05, 0) is 69.2 Å². The molecule has 2 aromatic carbocycles. The average Bonchev–Trinajstić information content (AvgIpc) is 2.78. The predicted octanol–water partition coefficient (Wildman–Crippen LogP) is 5.68. The van der Waals surface area contributed by atoms with E-state index in [2.05, 4.69) is 62.4 Å². The number of rotatable bonds is 4. The van der Waals surface area contributed by atoms with E-state index in [9.17, 15) is 4.79 Å². The Morgan fingerprint density at radius 3 is 1.85 bits per heavy atom. The quantitative estimate of drug-likeness (QED) is 0.664. The number of esters is 1. The van der Waals surface area contributed by atoms with Crippen LogP contribution < -0.4 is 0 Å². The number of hydrogen-bond acceptors (Lipinski definition) is 2. The number of ether oxygens (including phenoxy) is 1. The van der Waals surface area contributed by atoms with Crippen molar-refractivity contribution in [1.29, 1.82) is 0 Å². The lowest BCUT2D eigenvalue weighted by Gasteiger charge is -2.38. The molecule has 0 N–H and O–H groups in total. The molecule has 0 aromatic heterocycles. The molecule has 0 unspecified atom stereocenters. The number of benzene rings is 2. The van der Waals surface area contributed by atoms with Crippen LogP contribution in [0.15, 0.2) is 48.5 Å². The number of carbonyl (C=O) groups excluding carboxylic acids is 1. The first-order valence-corrected chi connectivity index (χ1v) is 9.65. The Bertz CT molecular complexity index is 754. The summed E-state index contributed by atoms with van der Waals surface area (Å²) < 4.78 is 6.16. The van der Waals surface area contributed by atoms with E-state index < -0.39 is 11.0 Å². The van der Waals surface area contributed by atoms with Gasteiger partial charge in [-0.1, -0.05) is 55.5 Å². The van der Waals surface area contributed by atoms with Crippen LogP contribution in [-0.2, 0) is 22.4 Å².